The van der Waals surface area contributed by atoms with Crippen molar-refractivity contribution in [3.8, 4) is 11.4 Å². The summed E-state index contributed by atoms with van der Waals surface area (Å²) in [5, 5.41) is 0. The summed E-state index contributed by atoms with van der Waals surface area (Å²) >= 11 is 0. The quantitative estimate of drug-likeness (QED) is 0.904. The Hall–Kier alpha value is -1.61. The average Bonchev–Trinajstić information content (AvgIpc) is 3.04. The van der Waals surface area contributed by atoms with Gasteiger partial charge in [0.2, 0.25) is 0 Å². The molecule has 1 aromatic heterocycles. The summed E-state index contributed by atoms with van der Waals surface area (Å²) in [6, 6.07) is 9.43. The molecular formula is C20H29N3. The van der Waals surface area contributed by atoms with Crippen LogP contribution in [0.4, 0.5) is 0 Å². The Morgan fingerprint density at radius 1 is 1.17 bits per heavy atom. The Labute approximate surface area is 139 Å². The second kappa shape index (κ2) is 6.48. The van der Waals surface area contributed by atoms with Crippen LogP contribution in [0.15, 0.2) is 36.7 Å². The summed E-state index contributed by atoms with van der Waals surface area (Å²) in [6.07, 6.45) is 9.03. The molecule has 1 aliphatic rings. The maximum Gasteiger partial charge on any atom is 0.140 e. The van der Waals surface area contributed by atoms with Gasteiger partial charge in [0, 0.05) is 24.0 Å². The first-order valence-corrected chi connectivity index (χ1v) is 8.83. The minimum absolute atomic E-state index is 0.186. The van der Waals surface area contributed by atoms with Crippen molar-refractivity contribution in [1.82, 2.24) is 9.55 Å². The number of hydrogen-bond donors (Lipinski definition) is 1. The van der Waals surface area contributed by atoms with Crippen LogP contribution in [0.5, 0.6) is 0 Å². The van der Waals surface area contributed by atoms with Crippen LogP contribution < -0.4 is 5.73 Å². The van der Waals surface area contributed by atoms with E-state index >= 15 is 0 Å². The van der Waals surface area contributed by atoms with Gasteiger partial charge in [0.15, 0.2) is 0 Å². The highest BCUT2D eigenvalue weighted by atomic mass is 15.1. The second-order valence-corrected chi connectivity index (χ2v) is 7.91. The van der Waals surface area contributed by atoms with Gasteiger partial charge in [-0.15, -0.1) is 0 Å². The number of aromatic nitrogens is 2. The predicted octanol–water partition coefficient (Wildman–Crippen LogP) is 4.54. The first-order valence-electron chi connectivity index (χ1n) is 8.83. The van der Waals surface area contributed by atoms with Gasteiger partial charge in [-0.05, 0) is 42.7 Å². The zero-order chi connectivity index (χ0) is 16.4. The molecule has 124 valence electrons. The van der Waals surface area contributed by atoms with Gasteiger partial charge in [0.05, 0.1) is 0 Å². The summed E-state index contributed by atoms with van der Waals surface area (Å²) in [4.78, 5) is 4.64. The third-order valence-corrected chi connectivity index (χ3v) is 5.16. The Morgan fingerprint density at radius 3 is 2.57 bits per heavy atom. The fourth-order valence-corrected chi connectivity index (χ4v) is 3.68. The number of hydrogen-bond acceptors (Lipinski definition) is 2. The highest BCUT2D eigenvalue weighted by Gasteiger charge is 2.24. The molecule has 2 N–H and O–H groups in total. The Kier molecular flexibility index (Phi) is 4.58. The number of rotatable bonds is 3. The Morgan fingerprint density at radius 2 is 1.91 bits per heavy atom. The lowest BCUT2D eigenvalue weighted by Crippen LogP contribution is -2.24. The highest BCUT2D eigenvalue weighted by Crippen LogP contribution is 2.35. The zero-order valence-electron chi connectivity index (χ0n) is 14.6. The Bertz CT molecular complexity index is 634. The smallest absolute Gasteiger partial charge is 0.140 e. The van der Waals surface area contributed by atoms with Crippen molar-refractivity contribution in [2.24, 2.45) is 11.7 Å². The van der Waals surface area contributed by atoms with E-state index < -0.39 is 0 Å². The van der Waals surface area contributed by atoms with Crippen molar-refractivity contribution in [2.45, 2.75) is 57.9 Å². The van der Waals surface area contributed by atoms with Gasteiger partial charge < -0.3 is 10.3 Å². The molecule has 3 rings (SSSR count). The Balaban J connectivity index is 1.86. The number of nitrogens with zero attached hydrogens (tertiary/aromatic N) is 2. The van der Waals surface area contributed by atoms with Crippen LogP contribution in [0.3, 0.4) is 0 Å². The van der Waals surface area contributed by atoms with Gasteiger partial charge >= 0.3 is 0 Å². The minimum Gasteiger partial charge on any atom is -0.330 e. The molecule has 3 nitrogen and oxygen atoms in total. The molecular weight excluding hydrogens is 282 g/mol. The fourth-order valence-electron chi connectivity index (χ4n) is 3.68. The van der Waals surface area contributed by atoms with Crippen LogP contribution in [0.25, 0.3) is 11.4 Å². The van der Waals surface area contributed by atoms with Gasteiger partial charge in [0.25, 0.3) is 0 Å². The van der Waals surface area contributed by atoms with Crippen molar-refractivity contribution in [3.63, 3.8) is 0 Å². The van der Waals surface area contributed by atoms with Crippen molar-refractivity contribution in [1.29, 1.82) is 0 Å². The van der Waals surface area contributed by atoms with Crippen LogP contribution in [0.1, 0.15) is 58.1 Å². The summed E-state index contributed by atoms with van der Waals surface area (Å²) in [6.45, 7) is 7.55. The second-order valence-electron chi connectivity index (χ2n) is 7.91. The monoisotopic (exact) mass is 311 g/mol. The molecule has 1 aromatic carbocycles. The van der Waals surface area contributed by atoms with Crippen molar-refractivity contribution in [3.05, 3.63) is 42.2 Å². The van der Waals surface area contributed by atoms with Crippen LogP contribution >= 0.6 is 0 Å². The molecule has 2 aromatic rings. The van der Waals surface area contributed by atoms with Crippen LogP contribution in [-0.4, -0.2) is 16.1 Å². The lowest BCUT2D eigenvalue weighted by atomic mass is 9.85. The standard InChI is InChI=1S/C20H29N3/c1-20(2,3)17-9-7-16(8-10-17)19-22-11-12-23(19)18-6-4-5-15(13-18)14-21/h7-12,15,18H,4-6,13-14,21H2,1-3H3/t15-,18+/m0/s1. The van der Waals surface area contributed by atoms with E-state index in [0.29, 0.717) is 12.0 Å². The van der Waals surface area contributed by atoms with Crippen molar-refractivity contribution >= 4 is 0 Å². The highest BCUT2D eigenvalue weighted by molar-refractivity contribution is 5.56. The molecule has 0 radical (unpaired) electrons. The molecule has 1 fully saturated rings. The van der Waals surface area contributed by atoms with E-state index in [9.17, 15) is 0 Å². The third kappa shape index (κ3) is 3.50. The lowest BCUT2D eigenvalue weighted by Gasteiger charge is -2.30. The number of imidazole rings is 1. The molecule has 0 saturated heterocycles. The first kappa shape index (κ1) is 16.3. The third-order valence-electron chi connectivity index (χ3n) is 5.16. The summed E-state index contributed by atoms with van der Waals surface area (Å²) in [5.74, 6) is 1.75. The molecule has 1 aliphatic carbocycles. The molecule has 0 unspecified atom stereocenters. The van der Waals surface area contributed by atoms with E-state index in [0.717, 1.165) is 12.4 Å². The number of nitrogens with two attached hydrogens (primary N) is 1. The van der Waals surface area contributed by atoms with Gasteiger partial charge in [0.1, 0.15) is 5.82 Å². The fraction of sp³-hybridized carbons (Fsp3) is 0.550. The molecule has 1 saturated carbocycles. The summed E-state index contributed by atoms with van der Waals surface area (Å²) in [7, 11) is 0. The summed E-state index contributed by atoms with van der Waals surface area (Å²) < 4.78 is 2.37. The molecule has 2 atom stereocenters. The number of benzene rings is 1. The molecule has 3 heteroatoms. The van der Waals surface area contributed by atoms with Crippen LogP contribution in [0.2, 0.25) is 0 Å². The van der Waals surface area contributed by atoms with Crippen LogP contribution in [0, 0.1) is 5.92 Å². The first-order chi connectivity index (χ1) is 11.0. The predicted molar refractivity (Wildman–Crippen MR) is 96.4 cm³/mol. The van der Waals surface area contributed by atoms with Crippen molar-refractivity contribution < 1.29 is 0 Å². The topological polar surface area (TPSA) is 43.8 Å². The van der Waals surface area contributed by atoms with E-state index in [2.05, 4.69) is 60.8 Å². The summed E-state index contributed by atoms with van der Waals surface area (Å²) in [5.41, 5.74) is 8.65. The largest absolute Gasteiger partial charge is 0.330 e. The van der Waals surface area contributed by atoms with Gasteiger partial charge in [-0.1, -0.05) is 51.5 Å². The van der Waals surface area contributed by atoms with Gasteiger partial charge in [-0.2, -0.15) is 0 Å². The molecule has 0 aliphatic heterocycles. The van der Waals surface area contributed by atoms with E-state index in [1.165, 1.54) is 36.8 Å². The molecule has 1 heterocycles. The maximum absolute atomic E-state index is 5.90. The van der Waals surface area contributed by atoms with Gasteiger partial charge in [-0.25, -0.2) is 4.98 Å². The molecule has 23 heavy (non-hydrogen) atoms. The normalized spacial score (nSPS) is 22.3. The van der Waals surface area contributed by atoms with E-state index in [4.69, 9.17) is 5.73 Å². The zero-order valence-corrected chi connectivity index (χ0v) is 14.6. The molecule has 0 amide bonds. The van der Waals surface area contributed by atoms with E-state index in [1.54, 1.807) is 0 Å². The SMILES string of the molecule is CC(C)(C)c1ccc(-c2nccn2[C@@H]2CCC[C@H](CN)C2)cc1. The van der Waals surface area contributed by atoms with E-state index in [1.807, 2.05) is 6.20 Å². The minimum atomic E-state index is 0.186. The maximum atomic E-state index is 5.90. The van der Waals surface area contributed by atoms with Crippen LogP contribution in [-0.2, 0) is 5.41 Å². The van der Waals surface area contributed by atoms with E-state index in [-0.39, 0.29) is 5.41 Å². The lowest BCUT2D eigenvalue weighted by molar-refractivity contribution is 0.273. The molecule has 0 bridgehead atoms. The average molecular weight is 311 g/mol. The van der Waals surface area contributed by atoms with Crippen molar-refractivity contribution in [2.75, 3.05) is 6.54 Å². The van der Waals surface area contributed by atoms with Gasteiger partial charge in [-0.3, -0.25) is 0 Å². The molecule has 0 spiro atoms.